The number of fused-ring (bicyclic) bond motifs is 1. The van der Waals surface area contributed by atoms with Crippen molar-refractivity contribution in [3.05, 3.63) is 34.4 Å². The Labute approximate surface area is 82.4 Å². The minimum absolute atomic E-state index is 0.0365. The van der Waals surface area contributed by atoms with Crippen LogP contribution in [-0.4, -0.2) is 9.55 Å². The van der Waals surface area contributed by atoms with Crippen LogP contribution in [0.3, 0.4) is 0 Å². The molecule has 2 rings (SSSR count). The van der Waals surface area contributed by atoms with Gasteiger partial charge in [0.25, 0.3) is 5.56 Å². The molecular formula is C11H14N2O. The number of hydrogen-bond acceptors (Lipinski definition) is 1. The molecule has 74 valence electrons. The zero-order valence-electron chi connectivity index (χ0n) is 8.66. The van der Waals surface area contributed by atoms with Crippen LogP contribution in [0.4, 0.5) is 0 Å². The molecular weight excluding hydrogens is 176 g/mol. The smallest absolute Gasteiger partial charge is 0.274 e. The van der Waals surface area contributed by atoms with Crippen LogP contribution in [0.2, 0.25) is 0 Å². The molecule has 0 aliphatic carbocycles. The molecule has 3 nitrogen and oxygen atoms in total. The average molecular weight is 190 g/mol. The number of aromatic nitrogens is 2. The van der Waals surface area contributed by atoms with Crippen molar-refractivity contribution in [2.24, 2.45) is 7.05 Å². The Morgan fingerprint density at radius 1 is 1.43 bits per heavy atom. The van der Waals surface area contributed by atoms with Gasteiger partial charge in [-0.25, -0.2) is 0 Å². The zero-order chi connectivity index (χ0) is 10.3. The second-order valence-electron chi connectivity index (χ2n) is 3.92. The van der Waals surface area contributed by atoms with Crippen LogP contribution in [0.25, 0.3) is 10.9 Å². The molecule has 2 aromatic heterocycles. The van der Waals surface area contributed by atoms with Crippen LogP contribution in [0.1, 0.15) is 25.3 Å². The molecule has 0 saturated heterocycles. The predicted octanol–water partition coefficient (Wildman–Crippen LogP) is 1.99. The highest BCUT2D eigenvalue weighted by Crippen LogP contribution is 2.22. The number of hydrogen-bond donors (Lipinski definition) is 1. The Balaban J connectivity index is 2.84. The monoisotopic (exact) mass is 190 g/mol. The third-order valence-electron chi connectivity index (χ3n) is 2.57. The molecule has 0 radical (unpaired) electrons. The predicted molar refractivity (Wildman–Crippen MR) is 57.6 cm³/mol. The fraction of sp³-hybridized carbons (Fsp3) is 0.364. The first-order valence-electron chi connectivity index (χ1n) is 4.78. The number of nitrogens with one attached hydrogen (secondary N) is 1. The summed E-state index contributed by atoms with van der Waals surface area (Å²) in [4.78, 5) is 14.7. The van der Waals surface area contributed by atoms with E-state index in [9.17, 15) is 4.79 Å². The van der Waals surface area contributed by atoms with E-state index in [0.29, 0.717) is 11.4 Å². The van der Waals surface area contributed by atoms with E-state index in [-0.39, 0.29) is 5.56 Å². The van der Waals surface area contributed by atoms with Crippen molar-refractivity contribution in [2.45, 2.75) is 19.8 Å². The molecule has 14 heavy (non-hydrogen) atoms. The van der Waals surface area contributed by atoms with Gasteiger partial charge in [-0.05, 0) is 17.5 Å². The topological polar surface area (TPSA) is 37.8 Å². The van der Waals surface area contributed by atoms with Crippen molar-refractivity contribution < 1.29 is 0 Å². The molecule has 3 heteroatoms. The maximum atomic E-state index is 11.7. The molecule has 2 heterocycles. The van der Waals surface area contributed by atoms with Crippen LogP contribution < -0.4 is 5.56 Å². The van der Waals surface area contributed by atoms with Gasteiger partial charge < -0.3 is 9.55 Å². The summed E-state index contributed by atoms with van der Waals surface area (Å²) in [6, 6.07) is 1.99. The maximum Gasteiger partial charge on any atom is 0.274 e. The lowest BCUT2D eigenvalue weighted by atomic mass is 10.0. The van der Waals surface area contributed by atoms with Gasteiger partial charge in [0.05, 0.1) is 0 Å². The molecule has 0 atom stereocenters. The second kappa shape index (κ2) is 3.01. The maximum absolute atomic E-state index is 11.7. The van der Waals surface area contributed by atoms with Gasteiger partial charge in [-0.3, -0.25) is 4.79 Å². The summed E-state index contributed by atoms with van der Waals surface area (Å²) < 4.78 is 1.59. The van der Waals surface area contributed by atoms with Gasteiger partial charge in [0, 0.05) is 24.8 Å². The molecule has 0 fully saturated rings. The fourth-order valence-corrected chi connectivity index (χ4v) is 1.71. The molecule has 0 amide bonds. The standard InChI is InChI=1S/C11H14N2O/c1-7(2)9-6-12-10-8(9)4-5-13(3)11(10)14/h4-7,12H,1-3H3. The number of pyridine rings is 1. The normalized spacial score (nSPS) is 11.4. The summed E-state index contributed by atoms with van der Waals surface area (Å²) in [6.45, 7) is 4.25. The largest absolute Gasteiger partial charge is 0.356 e. The number of H-pyrrole nitrogens is 1. The lowest BCUT2D eigenvalue weighted by molar-refractivity contribution is 0.866. The molecule has 1 N–H and O–H groups in total. The van der Waals surface area contributed by atoms with E-state index in [1.54, 1.807) is 11.6 Å². The summed E-state index contributed by atoms with van der Waals surface area (Å²) in [7, 11) is 1.76. The van der Waals surface area contributed by atoms with E-state index in [2.05, 4.69) is 18.8 Å². The van der Waals surface area contributed by atoms with E-state index in [0.717, 1.165) is 5.39 Å². The van der Waals surface area contributed by atoms with Crippen molar-refractivity contribution in [2.75, 3.05) is 0 Å². The second-order valence-corrected chi connectivity index (χ2v) is 3.92. The van der Waals surface area contributed by atoms with E-state index in [4.69, 9.17) is 0 Å². The van der Waals surface area contributed by atoms with Crippen LogP contribution >= 0.6 is 0 Å². The van der Waals surface area contributed by atoms with Gasteiger partial charge >= 0.3 is 0 Å². The molecule has 0 aliphatic heterocycles. The van der Waals surface area contributed by atoms with Gasteiger partial charge in [0.1, 0.15) is 5.52 Å². The van der Waals surface area contributed by atoms with Crippen LogP contribution in [0.5, 0.6) is 0 Å². The molecule has 0 unspecified atom stereocenters. The third kappa shape index (κ3) is 1.16. The quantitative estimate of drug-likeness (QED) is 0.733. The van der Waals surface area contributed by atoms with Crippen molar-refractivity contribution in [1.82, 2.24) is 9.55 Å². The number of nitrogens with zero attached hydrogens (tertiary/aromatic N) is 1. The van der Waals surface area contributed by atoms with Gasteiger partial charge in [0.15, 0.2) is 0 Å². The zero-order valence-corrected chi connectivity index (χ0v) is 8.66. The van der Waals surface area contributed by atoms with Crippen molar-refractivity contribution in [3.63, 3.8) is 0 Å². The first-order chi connectivity index (χ1) is 6.61. The Morgan fingerprint density at radius 3 is 2.79 bits per heavy atom. The van der Waals surface area contributed by atoms with Gasteiger partial charge in [-0.1, -0.05) is 13.8 Å². The van der Waals surface area contributed by atoms with E-state index in [1.807, 2.05) is 18.5 Å². The number of aryl methyl sites for hydroxylation is 1. The Hall–Kier alpha value is -1.51. The summed E-state index contributed by atoms with van der Waals surface area (Å²) in [5.74, 6) is 0.441. The minimum atomic E-state index is 0.0365. The molecule has 0 spiro atoms. The van der Waals surface area contributed by atoms with E-state index < -0.39 is 0 Å². The number of rotatable bonds is 1. The molecule has 0 saturated carbocycles. The first kappa shape index (κ1) is 9.06. The van der Waals surface area contributed by atoms with Crippen LogP contribution in [0.15, 0.2) is 23.3 Å². The van der Waals surface area contributed by atoms with Gasteiger partial charge in [-0.15, -0.1) is 0 Å². The SMILES string of the molecule is CC(C)c1c[nH]c2c(=O)n(C)ccc12. The average Bonchev–Trinajstić information content (AvgIpc) is 2.55. The van der Waals surface area contributed by atoms with Gasteiger partial charge in [0.2, 0.25) is 0 Å². The summed E-state index contributed by atoms with van der Waals surface area (Å²) in [5.41, 5.74) is 1.95. The highest BCUT2D eigenvalue weighted by Gasteiger charge is 2.09. The lowest BCUT2D eigenvalue weighted by Gasteiger charge is -2.02. The number of aromatic amines is 1. The van der Waals surface area contributed by atoms with Crippen LogP contribution in [0, 0.1) is 0 Å². The molecule has 2 aromatic rings. The Bertz CT molecular complexity index is 520. The molecule has 0 bridgehead atoms. The summed E-state index contributed by atoms with van der Waals surface area (Å²) >= 11 is 0. The van der Waals surface area contributed by atoms with E-state index in [1.165, 1.54) is 5.56 Å². The highest BCUT2D eigenvalue weighted by atomic mass is 16.1. The molecule has 0 aromatic carbocycles. The van der Waals surface area contributed by atoms with Crippen molar-refractivity contribution in [3.8, 4) is 0 Å². The van der Waals surface area contributed by atoms with Crippen LogP contribution in [-0.2, 0) is 7.05 Å². The molecule has 0 aliphatic rings. The summed E-state index contributed by atoms with van der Waals surface area (Å²) in [6.07, 6.45) is 3.74. The Kier molecular flexibility index (Phi) is 1.95. The Morgan fingerprint density at radius 2 is 2.14 bits per heavy atom. The summed E-state index contributed by atoms with van der Waals surface area (Å²) in [5, 5.41) is 1.04. The van der Waals surface area contributed by atoms with Crippen molar-refractivity contribution >= 4 is 10.9 Å². The van der Waals surface area contributed by atoms with Gasteiger partial charge in [-0.2, -0.15) is 0 Å². The van der Waals surface area contributed by atoms with E-state index >= 15 is 0 Å². The highest BCUT2D eigenvalue weighted by molar-refractivity contribution is 5.82. The van der Waals surface area contributed by atoms with Crippen molar-refractivity contribution in [1.29, 1.82) is 0 Å². The fourth-order valence-electron chi connectivity index (χ4n) is 1.71. The third-order valence-corrected chi connectivity index (χ3v) is 2.57. The lowest BCUT2D eigenvalue weighted by Crippen LogP contribution is -2.15. The first-order valence-corrected chi connectivity index (χ1v) is 4.78. The minimum Gasteiger partial charge on any atom is -0.356 e.